The molecular formula is C64H104BrN21O14. The molecule has 35 nitrogen and oxygen atoms in total. The minimum atomic E-state index is -1.74. The molecule has 1 aromatic heterocycles. The number of imidazole rings is 1. The lowest BCUT2D eigenvalue weighted by Crippen LogP contribution is -2.62. The molecule has 0 radical (unpaired) electrons. The molecule has 0 bridgehead atoms. The van der Waals surface area contributed by atoms with E-state index in [9.17, 15) is 67.7 Å². The van der Waals surface area contributed by atoms with Crippen LogP contribution in [0.5, 0.6) is 0 Å². The number of rotatable bonds is 43. The van der Waals surface area contributed by atoms with Crippen molar-refractivity contribution in [1.29, 1.82) is 0 Å². The number of aromatic amines is 1. The van der Waals surface area contributed by atoms with E-state index < -0.39 is 150 Å². The summed E-state index contributed by atoms with van der Waals surface area (Å²) in [5.41, 5.74) is 33.2. The zero-order valence-corrected chi connectivity index (χ0v) is 59.2. The molecule has 2 aliphatic heterocycles. The molecule has 0 saturated carbocycles. The number of H-pyrrole nitrogens is 1. The van der Waals surface area contributed by atoms with Crippen molar-refractivity contribution < 1.29 is 67.7 Å². The largest absolute Gasteiger partial charge is 0.480 e. The molecule has 10 atom stereocenters. The predicted octanol–water partition coefficient (Wildman–Crippen LogP) is -3.78. The number of aliphatic hydroxyl groups excluding tert-OH is 1. The molecule has 11 amide bonds. The van der Waals surface area contributed by atoms with Crippen LogP contribution in [0.4, 0.5) is 0 Å². The fourth-order valence-electron chi connectivity index (χ4n) is 11.3. The van der Waals surface area contributed by atoms with Crippen molar-refractivity contribution in [3.05, 3.63) is 52.5 Å². The number of nitrogens with one attached hydrogen (secondary N) is 10. The number of hydrogen-bond acceptors (Lipinski definition) is 18. The summed E-state index contributed by atoms with van der Waals surface area (Å²) in [6.07, 6.45) is 6.51. The van der Waals surface area contributed by atoms with Crippen molar-refractivity contribution in [2.45, 2.75) is 210 Å². The SMILES string of the molecule is CCCC[C@H](NC(=O)[C@@H]1CCCN1C(=O)CNC(=O)[C@H](CCCCN)NC(=O)[C@H](Cc1cnc[nH]1)NC(=O)[C@H](CO)NC(=O)[C@@H](CC(C)C)NC(=O)[C@H](CCCN=C(N)N)NC(=O)[C@@H]1CCCN1C(=O)[C@@H](N)CCCN=C(N)N)C(=O)NC(C)(C)C(=O)N[C@@H](Cc1ccc(Br)cc1)C(=O)O. The van der Waals surface area contributed by atoms with Gasteiger partial charge in [0.15, 0.2) is 11.9 Å². The number of nitrogens with zero attached hydrogens (tertiary/aromatic N) is 5. The number of likely N-dealkylation sites (tertiary alicyclic amines) is 2. The third-order valence-electron chi connectivity index (χ3n) is 16.8. The van der Waals surface area contributed by atoms with E-state index in [0.717, 1.165) is 4.47 Å². The average molecular weight is 1470 g/mol. The van der Waals surface area contributed by atoms with Gasteiger partial charge in [0.1, 0.15) is 59.9 Å². The summed E-state index contributed by atoms with van der Waals surface area (Å²) in [6.45, 7) is 7.44. The van der Waals surface area contributed by atoms with Gasteiger partial charge in [-0.3, -0.25) is 62.7 Å². The number of aliphatic hydroxyl groups is 1. The van der Waals surface area contributed by atoms with Gasteiger partial charge in [-0.2, -0.15) is 0 Å². The van der Waals surface area contributed by atoms with Crippen molar-refractivity contribution in [2.24, 2.45) is 50.3 Å². The molecule has 0 unspecified atom stereocenters. The number of nitrogens with two attached hydrogens (primary N) is 6. The lowest BCUT2D eigenvalue weighted by atomic mass is 10.00. The first-order chi connectivity index (χ1) is 47.4. The monoisotopic (exact) mass is 1470 g/mol. The number of carbonyl (C=O) groups excluding carboxylic acids is 11. The molecule has 24 N–H and O–H groups in total. The number of unbranched alkanes of at least 4 members (excludes halogenated alkanes) is 2. The fourth-order valence-corrected chi connectivity index (χ4v) is 11.6. The van der Waals surface area contributed by atoms with E-state index in [1.54, 1.807) is 38.1 Å². The predicted molar refractivity (Wildman–Crippen MR) is 373 cm³/mol. The van der Waals surface area contributed by atoms with Crippen molar-refractivity contribution in [2.75, 3.05) is 45.9 Å². The van der Waals surface area contributed by atoms with Gasteiger partial charge in [-0.15, -0.1) is 0 Å². The number of carboxylic acid groups (broad SMARTS) is 1. The Bertz CT molecular complexity index is 3130. The number of carbonyl (C=O) groups is 12. The average Bonchev–Trinajstić information content (AvgIpc) is 1.76. The second-order valence-corrected chi connectivity index (χ2v) is 26.8. The van der Waals surface area contributed by atoms with E-state index in [1.807, 2.05) is 6.92 Å². The van der Waals surface area contributed by atoms with Crippen molar-refractivity contribution in [3.63, 3.8) is 0 Å². The number of aliphatic carboxylic acids is 1. The number of hydrogen-bond donors (Lipinski definition) is 18. The Kier molecular flexibility index (Phi) is 35.2. The van der Waals surface area contributed by atoms with Gasteiger partial charge in [0.25, 0.3) is 0 Å². The molecule has 100 heavy (non-hydrogen) atoms. The second kappa shape index (κ2) is 42.2. The zero-order valence-electron chi connectivity index (χ0n) is 57.7. The van der Waals surface area contributed by atoms with Crippen molar-refractivity contribution >= 4 is 98.8 Å². The minimum absolute atomic E-state index is 0.00436. The molecule has 36 heteroatoms. The van der Waals surface area contributed by atoms with Crippen LogP contribution in [0, 0.1) is 5.92 Å². The van der Waals surface area contributed by atoms with Gasteiger partial charge in [-0.1, -0.05) is 61.7 Å². The van der Waals surface area contributed by atoms with Crippen LogP contribution in [0.3, 0.4) is 0 Å². The molecule has 0 spiro atoms. The van der Waals surface area contributed by atoms with E-state index in [4.69, 9.17) is 34.4 Å². The lowest BCUT2D eigenvalue weighted by molar-refractivity contribution is -0.143. The summed E-state index contributed by atoms with van der Waals surface area (Å²) in [5, 5.41) is 44.1. The highest BCUT2D eigenvalue weighted by Crippen LogP contribution is 2.22. The van der Waals surface area contributed by atoms with Gasteiger partial charge in [0.2, 0.25) is 65.0 Å². The smallest absolute Gasteiger partial charge is 0.326 e. The summed E-state index contributed by atoms with van der Waals surface area (Å²) in [7, 11) is 0. The Morgan fingerprint density at radius 3 is 1.74 bits per heavy atom. The summed E-state index contributed by atoms with van der Waals surface area (Å²) in [4.78, 5) is 184. The topological polar surface area (TPSA) is 570 Å². The molecule has 0 aliphatic carbocycles. The number of aromatic nitrogens is 2. The summed E-state index contributed by atoms with van der Waals surface area (Å²) in [6, 6.07) is -5.88. The number of guanidine groups is 2. The quantitative estimate of drug-likeness (QED) is 0.0172. The van der Waals surface area contributed by atoms with E-state index in [-0.39, 0.29) is 115 Å². The van der Waals surface area contributed by atoms with Crippen LogP contribution < -0.4 is 82.3 Å². The van der Waals surface area contributed by atoms with Crippen molar-refractivity contribution in [1.82, 2.24) is 67.6 Å². The minimum Gasteiger partial charge on any atom is -0.480 e. The molecule has 4 rings (SSSR count). The molecule has 2 aliphatic rings. The van der Waals surface area contributed by atoms with Gasteiger partial charge in [0, 0.05) is 55.4 Å². The second-order valence-electron chi connectivity index (χ2n) is 25.9. The molecule has 556 valence electrons. The van der Waals surface area contributed by atoms with Crippen molar-refractivity contribution in [3.8, 4) is 0 Å². The first-order valence-electron chi connectivity index (χ1n) is 33.8. The maximum atomic E-state index is 14.4. The first-order valence-corrected chi connectivity index (χ1v) is 34.6. The van der Waals surface area contributed by atoms with Crippen LogP contribution >= 0.6 is 15.9 Å². The van der Waals surface area contributed by atoms with Crippen LogP contribution in [0.25, 0.3) is 0 Å². The summed E-state index contributed by atoms with van der Waals surface area (Å²) >= 11 is 3.34. The zero-order chi connectivity index (χ0) is 74.2. The normalized spacial score (nSPS) is 16.7. The number of amides is 11. The third-order valence-corrected chi connectivity index (χ3v) is 17.3. The Hall–Kier alpha value is -9.03. The van der Waals surface area contributed by atoms with Crippen LogP contribution in [-0.4, -0.2) is 225 Å². The van der Waals surface area contributed by atoms with Gasteiger partial charge in [-0.25, -0.2) is 9.78 Å². The molecule has 3 heterocycles. The summed E-state index contributed by atoms with van der Waals surface area (Å²) in [5.74, 6) is -10.3. The Morgan fingerprint density at radius 1 is 0.650 bits per heavy atom. The maximum absolute atomic E-state index is 14.4. The summed E-state index contributed by atoms with van der Waals surface area (Å²) < 4.78 is 0.781. The van der Waals surface area contributed by atoms with Gasteiger partial charge in [0.05, 0.1) is 25.5 Å². The van der Waals surface area contributed by atoms with E-state index in [2.05, 4.69) is 83.7 Å². The Morgan fingerprint density at radius 2 is 1.17 bits per heavy atom. The third kappa shape index (κ3) is 27.9. The molecule has 2 aromatic rings. The lowest BCUT2D eigenvalue weighted by Gasteiger charge is -2.31. The van der Waals surface area contributed by atoms with Gasteiger partial charge in [-0.05, 0) is 127 Å². The highest BCUT2D eigenvalue weighted by molar-refractivity contribution is 9.10. The maximum Gasteiger partial charge on any atom is 0.326 e. The van der Waals surface area contributed by atoms with Gasteiger partial charge >= 0.3 is 5.97 Å². The van der Waals surface area contributed by atoms with Crippen LogP contribution in [0.2, 0.25) is 0 Å². The fraction of sp³-hybridized carbons (Fsp3) is 0.641. The number of carboxylic acids is 1. The van der Waals surface area contributed by atoms with Crippen LogP contribution in [0.15, 0.2) is 51.2 Å². The van der Waals surface area contributed by atoms with Crippen LogP contribution in [0.1, 0.15) is 142 Å². The van der Waals surface area contributed by atoms with E-state index in [1.165, 1.54) is 36.2 Å². The molecule has 2 fully saturated rings. The highest BCUT2D eigenvalue weighted by atomic mass is 79.9. The molecular weight excluding hydrogens is 1370 g/mol. The van der Waals surface area contributed by atoms with E-state index in [0.29, 0.717) is 56.2 Å². The highest BCUT2D eigenvalue weighted by Gasteiger charge is 2.41. The number of halogens is 1. The van der Waals surface area contributed by atoms with Crippen LogP contribution in [-0.2, 0) is 70.4 Å². The number of aliphatic imine (C=N–C) groups is 2. The Balaban J connectivity index is 1.45. The molecule has 2 saturated heterocycles. The van der Waals surface area contributed by atoms with E-state index >= 15 is 0 Å². The Labute approximate surface area is 590 Å². The first kappa shape index (κ1) is 83.4. The molecule has 1 aromatic carbocycles. The van der Waals surface area contributed by atoms with Gasteiger partial charge < -0.3 is 107 Å². The standard InChI is InChI=1S/C64H104BrN21O14/c1-6-7-15-43(56(94)84-64(4,5)61(100)83-46(60(98)99)30-37-20-22-38(65)23-21-37)79-57(95)48-18-12-27-85(48)50(88)33-75-51(89)41(16-8-9-24-66)77-54(92)45(31-39-32-72-35-76-39)81-55(93)47(34-87)82-53(91)44(29-36(2)3)80-52(90)42(17-11-26-74-63(70)71)78-58(96)49-19-13-28-86(49)59(97)40(67)14-10-25-73-62(68)69/h20-23,32,35-36,40-49,87H,6-19,24-31,33-34,66-67H2,1-5H3,(H,72,76)(H,75,89)(H,77,92)(H,78,96)(H,79,95)(H,80,90)(H,81,93)(H,82,91)(H,83,100)(H,84,94)(H,98,99)(H4,68,69,73)(H4,70,71,74)/t40-,41-,42-,43-,44+,45-,46-,47-,48-,49-/m0/s1. The number of benzene rings is 1.